The molecule has 0 aromatic carbocycles. The fraction of sp³-hybridized carbons (Fsp3) is 0.818. The first-order chi connectivity index (χ1) is 7.69. The van der Waals surface area contributed by atoms with Crippen LogP contribution in [0.1, 0.15) is 32.0 Å². The Bertz CT molecular complexity index is 336. The van der Waals surface area contributed by atoms with Gasteiger partial charge in [-0.25, -0.2) is 4.68 Å². The summed E-state index contributed by atoms with van der Waals surface area (Å²) >= 11 is 0. The fourth-order valence-electron chi connectivity index (χ4n) is 2.27. The van der Waals surface area contributed by atoms with Crippen LogP contribution < -0.4 is 0 Å². The van der Waals surface area contributed by atoms with E-state index in [4.69, 9.17) is 5.11 Å². The van der Waals surface area contributed by atoms with E-state index in [1.807, 2.05) is 10.9 Å². The van der Waals surface area contributed by atoms with Crippen LogP contribution in [0.4, 0.5) is 0 Å². The van der Waals surface area contributed by atoms with Crippen molar-refractivity contribution in [2.45, 2.75) is 32.9 Å². The molecule has 90 valence electrons. The van der Waals surface area contributed by atoms with Gasteiger partial charge in [0, 0.05) is 19.6 Å². The highest BCUT2D eigenvalue weighted by Gasteiger charge is 2.24. The molecule has 2 heterocycles. The maximum atomic E-state index is 8.94. The van der Waals surface area contributed by atoms with E-state index in [0.717, 1.165) is 26.1 Å². The first kappa shape index (κ1) is 11.5. The zero-order valence-electron chi connectivity index (χ0n) is 10.0. The molecule has 1 saturated heterocycles. The molecule has 1 fully saturated rings. The lowest BCUT2D eigenvalue weighted by Gasteiger charge is -2.17. The molecule has 0 bridgehead atoms. The van der Waals surface area contributed by atoms with Crippen molar-refractivity contribution >= 4 is 0 Å². The van der Waals surface area contributed by atoms with Crippen molar-refractivity contribution < 1.29 is 5.11 Å². The largest absolute Gasteiger partial charge is 0.390 e. The number of rotatable bonds is 4. The lowest BCUT2D eigenvalue weighted by Crippen LogP contribution is -2.25. The van der Waals surface area contributed by atoms with Crippen LogP contribution in [0.5, 0.6) is 0 Å². The van der Waals surface area contributed by atoms with Crippen LogP contribution in [0.15, 0.2) is 6.20 Å². The summed E-state index contributed by atoms with van der Waals surface area (Å²) in [5, 5.41) is 16.9. The van der Waals surface area contributed by atoms with E-state index in [0.29, 0.717) is 17.7 Å². The molecule has 0 aliphatic carbocycles. The Kier molecular flexibility index (Phi) is 3.56. The molecule has 1 atom stereocenters. The summed E-state index contributed by atoms with van der Waals surface area (Å²) in [6, 6.07) is 0.423. The molecule has 2 rings (SSSR count). The summed E-state index contributed by atoms with van der Waals surface area (Å²) in [4.78, 5) is 2.47. The maximum absolute atomic E-state index is 8.94. The van der Waals surface area contributed by atoms with Crippen molar-refractivity contribution in [2.24, 2.45) is 5.92 Å². The van der Waals surface area contributed by atoms with E-state index < -0.39 is 0 Å². The topological polar surface area (TPSA) is 54.2 Å². The van der Waals surface area contributed by atoms with Gasteiger partial charge in [-0.05, 0) is 12.3 Å². The minimum atomic E-state index is -0.0254. The summed E-state index contributed by atoms with van der Waals surface area (Å²) < 4.78 is 1.89. The van der Waals surface area contributed by atoms with Crippen molar-refractivity contribution in [3.63, 3.8) is 0 Å². The molecule has 0 spiro atoms. The van der Waals surface area contributed by atoms with Crippen LogP contribution >= 0.6 is 0 Å². The highest BCUT2D eigenvalue weighted by Crippen LogP contribution is 2.21. The number of hydrogen-bond acceptors (Lipinski definition) is 4. The number of aliphatic hydroxyl groups is 1. The summed E-state index contributed by atoms with van der Waals surface area (Å²) in [5.41, 5.74) is 0.655. The molecule has 0 saturated carbocycles. The SMILES string of the molecule is CC(C)CN1CCC(n2cc(CO)nn2)C1. The van der Waals surface area contributed by atoms with Crippen LogP contribution in [0.2, 0.25) is 0 Å². The molecule has 5 heteroatoms. The quantitative estimate of drug-likeness (QED) is 0.817. The van der Waals surface area contributed by atoms with Gasteiger partial charge in [0.1, 0.15) is 5.69 Å². The Morgan fingerprint density at radius 1 is 1.56 bits per heavy atom. The van der Waals surface area contributed by atoms with Crippen LogP contribution in [-0.2, 0) is 6.61 Å². The van der Waals surface area contributed by atoms with E-state index in [-0.39, 0.29) is 6.61 Å². The minimum absolute atomic E-state index is 0.0254. The molecular formula is C11H20N4O. The molecule has 0 amide bonds. The van der Waals surface area contributed by atoms with E-state index in [9.17, 15) is 0 Å². The lowest BCUT2D eigenvalue weighted by molar-refractivity contribution is 0.276. The highest BCUT2D eigenvalue weighted by atomic mass is 16.3. The molecule has 1 aliphatic rings. The number of aliphatic hydroxyl groups excluding tert-OH is 1. The van der Waals surface area contributed by atoms with Gasteiger partial charge in [0.2, 0.25) is 0 Å². The van der Waals surface area contributed by atoms with Gasteiger partial charge >= 0.3 is 0 Å². The summed E-state index contributed by atoms with van der Waals surface area (Å²) in [7, 11) is 0. The van der Waals surface area contributed by atoms with Gasteiger partial charge in [-0.3, -0.25) is 0 Å². The normalized spacial score (nSPS) is 22.1. The van der Waals surface area contributed by atoms with Gasteiger partial charge in [-0.15, -0.1) is 5.10 Å². The fourth-order valence-corrected chi connectivity index (χ4v) is 2.27. The average molecular weight is 224 g/mol. The van der Waals surface area contributed by atoms with Gasteiger partial charge in [0.15, 0.2) is 0 Å². The Hall–Kier alpha value is -0.940. The zero-order valence-corrected chi connectivity index (χ0v) is 10.0. The Balaban J connectivity index is 1.92. The van der Waals surface area contributed by atoms with Crippen molar-refractivity contribution in [1.82, 2.24) is 19.9 Å². The molecular weight excluding hydrogens is 204 g/mol. The maximum Gasteiger partial charge on any atom is 0.108 e. The lowest BCUT2D eigenvalue weighted by atomic mass is 10.2. The van der Waals surface area contributed by atoms with E-state index >= 15 is 0 Å². The molecule has 1 aromatic rings. The van der Waals surface area contributed by atoms with E-state index in [1.54, 1.807) is 0 Å². The zero-order chi connectivity index (χ0) is 11.5. The predicted molar refractivity (Wildman–Crippen MR) is 60.9 cm³/mol. The summed E-state index contributed by atoms with van der Waals surface area (Å²) in [6.45, 7) is 7.80. The third-order valence-corrected chi connectivity index (χ3v) is 2.96. The van der Waals surface area contributed by atoms with Gasteiger partial charge in [0.25, 0.3) is 0 Å². The summed E-state index contributed by atoms with van der Waals surface area (Å²) in [5.74, 6) is 0.711. The number of hydrogen-bond donors (Lipinski definition) is 1. The second kappa shape index (κ2) is 4.93. The Morgan fingerprint density at radius 2 is 2.38 bits per heavy atom. The Morgan fingerprint density at radius 3 is 3.00 bits per heavy atom. The molecule has 1 N–H and O–H groups in total. The van der Waals surface area contributed by atoms with E-state index in [2.05, 4.69) is 29.1 Å². The second-order valence-electron chi connectivity index (χ2n) is 4.94. The standard InChI is InChI=1S/C11H20N4O/c1-9(2)5-14-4-3-11(7-14)15-6-10(8-16)12-13-15/h6,9,11,16H,3-5,7-8H2,1-2H3. The number of nitrogens with zero attached hydrogens (tertiary/aromatic N) is 4. The molecule has 1 aliphatic heterocycles. The molecule has 0 radical (unpaired) electrons. The Labute approximate surface area is 96.1 Å². The molecule has 5 nitrogen and oxygen atoms in total. The third kappa shape index (κ3) is 2.59. The smallest absolute Gasteiger partial charge is 0.108 e. The van der Waals surface area contributed by atoms with Crippen molar-refractivity contribution in [2.75, 3.05) is 19.6 Å². The highest BCUT2D eigenvalue weighted by molar-refractivity contribution is 4.92. The van der Waals surface area contributed by atoms with Crippen molar-refractivity contribution in [1.29, 1.82) is 0 Å². The number of likely N-dealkylation sites (tertiary alicyclic amines) is 1. The minimum Gasteiger partial charge on any atom is -0.390 e. The van der Waals surface area contributed by atoms with Crippen molar-refractivity contribution in [3.05, 3.63) is 11.9 Å². The predicted octanol–water partition coefficient (Wildman–Crippen LogP) is 0.673. The van der Waals surface area contributed by atoms with Gasteiger partial charge in [-0.2, -0.15) is 0 Å². The van der Waals surface area contributed by atoms with Crippen LogP contribution in [-0.4, -0.2) is 44.6 Å². The number of aromatic nitrogens is 3. The molecule has 1 unspecified atom stereocenters. The summed E-state index contributed by atoms with van der Waals surface area (Å²) in [6.07, 6.45) is 2.98. The van der Waals surface area contributed by atoms with E-state index in [1.165, 1.54) is 0 Å². The van der Waals surface area contributed by atoms with Crippen LogP contribution in [0.3, 0.4) is 0 Å². The van der Waals surface area contributed by atoms with Crippen LogP contribution in [0.25, 0.3) is 0 Å². The monoisotopic (exact) mass is 224 g/mol. The van der Waals surface area contributed by atoms with Gasteiger partial charge in [0.05, 0.1) is 18.8 Å². The second-order valence-corrected chi connectivity index (χ2v) is 4.94. The third-order valence-electron chi connectivity index (χ3n) is 2.96. The van der Waals surface area contributed by atoms with Gasteiger partial charge in [-0.1, -0.05) is 19.1 Å². The first-order valence-electron chi connectivity index (χ1n) is 5.93. The first-order valence-corrected chi connectivity index (χ1v) is 5.93. The molecule has 16 heavy (non-hydrogen) atoms. The van der Waals surface area contributed by atoms with Crippen molar-refractivity contribution in [3.8, 4) is 0 Å². The van der Waals surface area contributed by atoms with Crippen LogP contribution in [0, 0.1) is 5.92 Å². The molecule has 1 aromatic heterocycles. The van der Waals surface area contributed by atoms with Gasteiger partial charge < -0.3 is 10.0 Å². The average Bonchev–Trinajstić information content (AvgIpc) is 2.83.